The lowest BCUT2D eigenvalue weighted by atomic mass is 10.1. The van der Waals surface area contributed by atoms with Gasteiger partial charge in [-0.3, -0.25) is 19.4 Å². The van der Waals surface area contributed by atoms with E-state index in [0.717, 1.165) is 5.56 Å². The second-order valence-corrected chi connectivity index (χ2v) is 5.42. The number of hydrogen-bond donors (Lipinski definition) is 1. The van der Waals surface area contributed by atoms with Gasteiger partial charge in [0.05, 0.1) is 0 Å². The van der Waals surface area contributed by atoms with Crippen molar-refractivity contribution in [3.05, 3.63) is 59.9 Å². The number of nitrogens with one attached hydrogen (secondary N) is 1. The molecule has 0 atom stereocenters. The summed E-state index contributed by atoms with van der Waals surface area (Å²) in [4.78, 5) is 40.6. The zero-order valence-corrected chi connectivity index (χ0v) is 13.7. The molecule has 0 saturated heterocycles. The minimum atomic E-state index is -0.301. The van der Waals surface area contributed by atoms with Gasteiger partial charge in [-0.25, -0.2) is 0 Å². The first-order chi connectivity index (χ1) is 11.5. The van der Waals surface area contributed by atoms with Gasteiger partial charge in [0.2, 0.25) is 11.8 Å². The monoisotopic (exact) mass is 325 g/mol. The molecule has 2 amide bonds. The van der Waals surface area contributed by atoms with E-state index in [4.69, 9.17) is 0 Å². The number of carbonyl (C=O) groups excluding carboxylic acids is 3. The highest BCUT2D eigenvalue weighted by atomic mass is 16.2. The molecule has 0 aliphatic rings. The fourth-order valence-electron chi connectivity index (χ4n) is 2.15. The lowest BCUT2D eigenvalue weighted by Gasteiger charge is -2.20. The van der Waals surface area contributed by atoms with Gasteiger partial charge in [-0.2, -0.15) is 0 Å². The van der Waals surface area contributed by atoms with Crippen LogP contribution in [0.4, 0.5) is 5.69 Å². The lowest BCUT2D eigenvalue weighted by Crippen LogP contribution is -2.36. The lowest BCUT2D eigenvalue weighted by molar-refractivity contribution is -0.133. The van der Waals surface area contributed by atoms with Gasteiger partial charge in [0.1, 0.15) is 6.54 Å². The van der Waals surface area contributed by atoms with Crippen molar-refractivity contribution in [2.45, 2.75) is 20.4 Å². The van der Waals surface area contributed by atoms with E-state index in [-0.39, 0.29) is 24.1 Å². The number of carbonyl (C=O) groups is 3. The molecule has 1 aromatic carbocycles. The normalized spacial score (nSPS) is 10.1. The summed E-state index contributed by atoms with van der Waals surface area (Å²) in [5, 5.41) is 2.72. The minimum absolute atomic E-state index is 0.0351. The maximum atomic E-state index is 12.1. The minimum Gasteiger partial charge on any atom is -0.329 e. The number of amides is 2. The van der Waals surface area contributed by atoms with Crippen LogP contribution in [0.5, 0.6) is 0 Å². The SMILES string of the molecule is CC(=O)c1ccc(NC(=O)CN(Cc2cccnc2)C(C)=O)cc1. The van der Waals surface area contributed by atoms with Crippen LogP contribution < -0.4 is 5.32 Å². The Balaban J connectivity index is 1.97. The summed E-state index contributed by atoms with van der Waals surface area (Å²) in [5.41, 5.74) is 2.01. The van der Waals surface area contributed by atoms with Crippen LogP contribution in [-0.2, 0) is 16.1 Å². The van der Waals surface area contributed by atoms with Gasteiger partial charge < -0.3 is 10.2 Å². The third-order valence-corrected chi connectivity index (χ3v) is 3.45. The van der Waals surface area contributed by atoms with Crippen LogP contribution in [0.25, 0.3) is 0 Å². The molecular weight excluding hydrogens is 306 g/mol. The molecule has 1 N–H and O–H groups in total. The number of Topliss-reactive ketones (excluding diaryl/α,β-unsaturated/α-hetero) is 1. The predicted molar refractivity (Wildman–Crippen MR) is 90.4 cm³/mol. The van der Waals surface area contributed by atoms with Crippen molar-refractivity contribution < 1.29 is 14.4 Å². The van der Waals surface area contributed by atoms with Crippen LogP contribution in [0.2, 0.25) is 0 Å². The Hall–Kier alpha value is -3.02. The van der Waals surface area contributed by atoms with Crippen LogP contribution in [-0.4, -0.2) is 34.0 Å². The molecule has 0 spiro atoms. The van der Waals surface area contributed by atoms with E-state index in [0.29, 0.717) is 17.8 Å². The van der Waals surface area contributed by atoms with E-state index in [9.17, 15) is 14.4 Å². The highest BCUT2D eigenvalue weighted by molar-refractivity contribution is 5.96. The average molecular weight is 325 g/mol. The van der Waals surface area contributed by atoms with Crippen LogP contribution >= 0.6 is 0 Å². The standard InChI is InChI=1S/C18H19N3O3/c1-13(22)16-5-7-17(8-6-16)20-18(24)12-21(14(2)23)11-15-4-3-9-19-10-15/h3-10H,11-12H2,1-2H3,(H,20,24). The largest absolute Gasteiger partial charge is 0.329 e. The first kappa shape index (κ1) is 17.3. The van der Waals surface area contributed by atoms with Gasteiger partial charge in [0.25, 0.3) is 0 Å². The van der Waals surface area contributed by atoms with Crippen LogP contribution in [0, 0.1) is 0 Å². The van der Waals surface area contributed by atoms with Crippen molar-refractivity contribution in [2.24, 2.45) is 0 Å². The molecule has 1 heterocycles. The molecular formula is C18H19N3O3. The zero-order chi connectivity index (χ0) is 17.5. The molecule has 0 fully saturated rings. The maximum Gasteiger partial charge on any atom is 0.244 e. The maximum absolute atomic E-state index is 12.1. The van der Waals surface area contributed by atoms with Crippen molar-refractivity contribution >= 4 is 23.3 Å². The zero-order valence-electron chi connectivity index (χ0n) is 13.7. The molecule has 6 nitrogen and oxygen atoms in total. The summed E-state index contributed by atoms with van der Waals surface area (Å²) in [5.74, 6) is -0.530. The number of rotatable bonds is 6. The van der Waals surface area contributed by atoms with E-state index in [1.165, 1.54) is 18.7 Å². The quantitative estimate of drug-likeness (QED) is 0.826. The second-order valence-electron chi connectivity index (χ2n) is 5.42. The molecule has 2 aromatic rings. The van der Waals surface area contributed by atoms with Crippen LogP contribution in [0.15, 0.2) is 48.8 Å². The third kappa shape index (κ3) is 5.01. The molecule has 124 valence electrons. The molecule has 0 aliphatic carbocycles. The highest BCUT2D eigenvalue weighted by Gasteiger charge is 2.14. The number of aromatic nitrogens is 1. The summed E-state index contributed by atoms with van der Waals surface area (Å²) in [6.45, 7) is 3.17. The van der Waals surface area contributed by atoms with Gasteiger partial charge in [-0.15, -0.1) is 0 Å². The van der Waals surface area contributed by atoms with Crippen molar-refractivity contribution in [1.82, 2.24) is 9.88 Å². The number of nitrogens with zero attached hydrogens (tertiary/aromatic N) is 2. The fourth-order valence-corrected chi connectivity index (χ4v) is 2.15. The van der Waals surface area contributed by atoms with Crippen LogP contribution in [0.3, 0.4) is 0 Å². The molecule has 2 rings (SSSR count). The summed E-state index contributed by atoms with van der Waals surface area (Å²) >= 11 is 0. The van der Waals surface area contributed by atoms with Gasteiger partial charge in [-0.05, 0) is 42.8 Å². The van der Waals surface area contributed by atoms with Gasteiger partial charge in [0.15, 0.2) is 5.78 Å². The Morgan fingerprint density at radius 2 is 1.79 bits per heavy atom. The van der Waals surface area contributed by atoms with Crippen molar-refractivity contribution in [3.8, 4) is 0 Å². The second kappa shape index (κ2) is 8.01. The molecule has 0 unspecified atom stereocenters. The Bertz CT molecular complexity index is 727. The number of benzene rings is 1. The molecule has 0 radical (unpaired) electrons. The first-order valence-electron chi connectivity index (χ1n) is 7.51. The first-order valence-corrected chi connectivity index (χ1v) is 7.51. The Morgan fingerprint density at radius 3 is 2.33 bits per heavy atom. The Kier molecular flexibility index (Phi) is 5.78. The highest BCUT2D eigenvalue weighted by Crippen LogP contribution is 2.10. The summed E-state index contributed by atoms with van der Waals surface area (Å²) in [6, 6.07) is 10.2. The smallest absolute Gasteiger partial charge is 0.244 e. The molecule has 1 aromatic heterocycles. The number of anilines is 1. The summed E-state index contributed by atoms with van der Waals surface area (Å²) < 4.78 is 0. The van der Waals surface area contributed by atoms with Crippen molar-refractivity contribution in [2.75, 3.05) is 11.9 Å². The van der Waals surface area contributed by atoms with Gasteiger partial charge in [-0.1, -0.05) is 6.07 Å². The summed E-state index contributed by atoms with van der Waals surface area (Å²) in [7, 11) is 0. The van der Waals surface area contributed by atoms with E-state index in [2.05, 4.69) is 10.3 Å². The fraction of sp³-hybridized carbons (Fsp3) is 0.222. The Morgan fingerprint density at radius 1 is 1.08 bits per heavy atom. The number of pyridine rings is 1. The van der Waals surface area contributed by atoms with Crippen LogP contribution in [0.1, 0.15) is 29.8 Å². The molecule has 0 saturated carbocycles. The molecule has 0 aliphatic heterocycles. The van der Waals surface area contributed by atoms with Gasteiger partial charge >= 0.3 is 0 Å². The molecule has 24 heavy (non-hydrogen) atoms. The summed E-state index contributed by atoms with van der Waals surface area (Å²) in [6.07, 6.45) is 3.31. The Labute approximate surface area is 140 Å². The van der Waals surface area contributed by atoms with Crippen molar-refractivity contribution in [1.29, 1.82) is 0 Å². The molecule has 6 heteroatoms. The average Bonchev–Trinajstić information content (AvgIpc) is 2.55. The van der Waals surface area contributed by atoms with E-state index < -0.39 is 0 Å². The third-order valence-electron chi connectivity index (χ3n) is 3.45. The van der Waals surface area contributed by atoms with E-state index >= 15 is 0 Å². The predicted octanol–water partition coefficient (Wildman–Crippen LogP) is 2.27. The number of ketones is 1. The van der Waals surface area contributed by atoms with Gasteiger partial charge in [0, 0.05) is 37.1 Å². The topological polar surface area (TPSA) is 79.4 Å². The van der Waals surface area contributed by atoms with E-state index in [1.807, 2.05) is 6.07 Å². The molecule has 0 bridgehead atoms. The number of hydrogen-bond acceptors (Lipinski definition) is 4. The van der Waals surface area contributed by atoms with Crippen molar-refractivity contribution in [3.63, 3.8) is 0 Å². The van der Waals surface area contributed by atoms with E-state index in [1.54, 1.807) is 42.7 Å².